The summed E-state index contributed by atoms with van der Waals surface area (Å²) in [4.78, 5) is 0. The second-order valence-electron chi connectivity index (χ2n) is 7.35. The Morgan fingerprint density at radius 1 is 0.650 bits per heavy atom. The standard InChI is InChI=1S/C18H40N2/c1-15(2)14-17(19)12-10-8-6-5-7-9-11-13-18(20)16(3)4/h15-18H,5-14,19-20H2,1-4H3. The van der Waals surface area contributed by atoms with Gasteiger partial charge >= 0.3 is 0 Å². The first-order valence-corrected chi connectivity index (χ1v) is 8.94. The molecule has 0 saturated heterocycles. The van der Waals surface area contributed by atoms with Gasteiger partial charge in [0, 0.05) is 12.1 Å². The summed E-state index contributed by atoms with van der Waals surface area (Å²) in [6.45, 7) is 8.94. The summed E-state index contributed by atoms with van der Waals surface area (Å²) in [7, 11) is 0. The first kappa shape index (κ1) is 19.9. The monoisotopic (exact) mass is 284 g/mol. The minimum absolute atomic E-state index is 0.400. The molecule has 122 valence electrons. The smallest absolute Gasteiger partial charge is 0.00618 e. The molecule has 0 bridgehead atoms. The second kappa shape index (κ2) is 12.6. The molecule has 0 aromatic rings. The topological polar surface area (TPSA) is 52.0 Å². The van der Waals surface area contributed by atoms with Crippen molar-refractivity contribution in [1.29, 1.82) is 0 Å². The van der Waals surface area contributed by atoms with Gasteiger partial charge in [0.05, 0.1) is 0 Å². The molecule has 0 radical (unpaired) electrons. The first-order valence-electron chi connectivity index (χ1n) is 8.94. The minimum atomic E-state index is 0.400. The normalized spacial score (nSPS) is 15.0. The number of rotatable bonds is 13. The highest BCUT2D eigenvalue weighted by Gasteiger charge is 2.06. The highest BCUT2D eigenvalue weighted by molar-refractivity contribution is 4.65. The van der Waals surface area contributed by atoms with Gasteiger partial charge < -0.3 is 11.5 Å². The third-order valence-electron chi connectivity index (χ3n) is 4.24. The molecule has 20 heavy (non-hydrogen) atoms. The van der Waals surface area contributed by atoms with E-state index in [4.69, 9.17) is 11.5 Å². The number of hydrogen-bond donors (Lipinski definition) is 2. The van der Waals surface area contributed by atoms with Gasteiger partial charge in [0.25, 0.3) is 0 Å². The molecule has 0 rings (SSSR count). The third kappa shape index (κ3) is 12.9. The van der Waals surface area contributed by atoms with Crippen LogP contribution >= 0.6 is 0 Å². The van der Waals surface area contributed by atoms with E-state index < -0.39 is 0 Å². The van der Waals surface area contributed by atoms with E-state index in [0.29, 0.717) is 18.0 Å². The summed E-state index contributed by atoms with van der Waals surface area (Å²) in [6, 6.07) is 0.824. The molecule has 0 aromatic carbocycles. The molecule has 0 amide bonds. The molecule has 2 heteroatoms. The average molecular weight is 285 g/mol. The van der Waals surface area contributed by atoms with Gasteiger partial charge in [-0.1, -0.05) is 72.6 Å². The van der Waals surface area contributed by atoms with Crippen LogP contribution in [0.15, 0.2) is 0 Å². The van der Waals surface area contributed by atoms with Crippen LogP contribution in [0.4, 0.5) is 0 Å². The summed E-state index contributed by atoms with van der Waals surface area (Å²) in [5.74, 6) is 1.37. The van der Waals surface area contributed by atoms with Gasteiger partial charge in [0.2, 0.25) is 0 Å². The molecule has 0 heterocycles. The largest absolute Gasteiger partial charge is 0.328 e. The van der Waals surface area contributed by atoms with Gasteiger partial charge in [-0.25, -0.2) is 0 Å². The van der Waals surface area contributed by atoms with E-state index in [9.17, 15) is 0 Å². The molecular formula is C18H40N2. The summed E-state index contributed by atoms with van der Waals surface area (Å²) < 4.78 is 0. The van der Waals surface area contributed by atoms with Crippen LogP contribution < -0.4 is 11.5 Å². The van der Waals surface area contributed by atoms with Crippen molar-refractivity contribution in [3.63, 3.8) is 0 Å². The van der Waals surface area contributed by atoms with Gasteiger partial charge in [-0.2, -0.15) is 0 Å². The molecule has 4 N–H and O–H groups in total. The number of nitrogens with two attached hydrogens (primary N) is 2. The fourth-order valence-corrected chi connectivity index (χ4v) is 2.73. The fraction of sp³-hybridized carbons (Fsp3) is 1.00. The van der Waals surface area contributed by atoms with Gasteiger partial charge in [-0.15, -0.1) is 0 Å². The van der Waals surface area contributed by atoms with Crippen molar-refractivity contribution < 1.29 is 0 Å². The Kier molecular flexibility index (Phi) is 12.6. The summed E-state index contributed by atoms with van der Waals surface area (Å²) in [5.41, 5.74) is 12.1. The van der Waals surface area contributed by atoms with Crippen LogP contribution in [0.25, 0.3) is 0 Å². The molecule has 2 atom stereocenters. The molecule has 0 aliphatic rings. The fourth-order valence-electron chi connectivity index (χ4n) is 2.73. The van der Waals surface area contributed by atoms with E-state index in [1.54, 1.807) is 0 Å². The third-order valence-corrected chi connectivity index (χ3v) is 4.24. The molecule has 2 nitrogen and oxygen atoms in total. The molecule has 0 aliphatic heterocycles. The van der Waals surface area contributed by atoms with Crippen LogP contribution in [-0.4, -0.2) is 12.1 Å². The minimum Gasteiger partial charge on any atom is -0.328 e. The van der Waals surface area contributed by atoms with Crippen molar-refractivity contribution >= 4 is 0 Å². The highest BCUT2D eigenvalue weighted by Crippen LogP contribution is 2.14. The Hall–Kier alpha value is -0.0800. The maximum absolute atomic E-state index is 6.10. The van der Waals surface area contributed by atoms with E-state index in [2.05, 4.69) is 27.7 Å². The molecule has 0 aromatic heterocycles. The Labute approximate surface area is 128 Å². The Morgan fingerprint density at radius 2 is 1.10 bits per heavy atom. The van der Waals surface area contributed by atoms with E-state index in [1.807, 2.05) is 0 Å². The average Bonchev–Trinajstić information content (AvgIpc) is 2.35. The van der Waals surface area contributed by atoms with Gasteiger partial charge in [0.15, 0.2) is 0 Å². The molecular weight excluding hydrogens is 244 g/mol. The van der Waals surface area contributed by atoms with Crippen molar-refractivity contribution in [1.82, 2.24) is 0 Å². The SMILES string of the molecule is CC(C)CC(N)CCCCCCCCCC(N)C(C)C. The zero-order valence-corrected chi connectivity index (χ0v) is 14.5. The lowest BCUT2D eigenvalue weighted by molar-refractivity contribution is 0.434. The predicted molar refractivity (Wildman–Crippen MR) is 91.8 cm³/mol. The van der Waals surface area contributed by atoms with Crippen LogP contribution in [0, 0.1) is 11.8 Å². The second-order valence-corrected chi connectivity index (χ2v) is 7.35. The summed E-state index contributed by atoms with van der Waals surface area (Å²) >= 11 is 0. The van der Waals surface area contributed by atoms with Crippen LogP contribution in [0.2, 0.25) is 0 Å². The maximum atomic E-state index is 6.10. The quantitative estimate of drug-likeness (QED) is 0.475. The van der Waals surface area contributed by atoms with Crippen LogP contribution in [-0.2, 0) is 0 Å². The van der Waals surface area contributed by atoms with Crippen LogP contribution in [0.1, 0.15) is 91.9 Å². The predicted octanol–water partition coefficient (Wildman–Crippen LogP) is 4.85. The molecule has 0 spiro atoms. The van der Waals surface area contributed by atoms with Crippen LogP contribution in [0.5, 0.6) is 0 Å². The lowest BCUT2D eigenvalue weighted by atomic mass is 9.97. The molecule has 2 unspecified atom stereocenters. The zero-order valence-electron chi connectivity index (χ0n) is 14.5. The summed E-state index contributed by atoms with van der Waals surface area (Å²) in [5, 5.41) is 0. The maximum Gasteiger partial charge on any atom is 0.00618 e. The van der Waals surface area contributed by atoms with Crippen molar-refractivity contribution in [3.05, 3.63) is 0 Å². The van der Waals surface area contributed by atoms with E-state index >= 15 is 0 Å². The molecule has 0 aliphatic carbocycles. The van der Waals surface area contributed by atoms with Crippen molar-refractivity contribution in [2.75, 3.05) is 0 Å². The van der Waals surface area contributed by atoms with Gasteiger partial charge in [-0.3, -0.25) is 0 Å². The lowest BCUT2D eigenvalue weighted by Gasteiger charge is -2.15. The number of unbranched alkanes of at least 4 members (excludes halogenated alkanes) is 6. The highest BCUT2D eigenvalue weighted by atomic mass is 14.6. The van der Waals surface area contributed by atoms with Gasteiger partial charge in [0.1, 0.15) is 0 Å². The van der Waals surface area contributed by atoms with Crippen molar-refractivity contribution in [2.24, 2.45) is 23.3 Å². The van der Waals surface area contributed by atoms with Crippen LogP contribution in [0.3, 0.4) is 0 Å². The van der Waals surface area contributed by atoms with E-state index in [1.165, 1.54) is 64.2 Å². The van der Waals surface area contributed by atoms with Gasteiger partial charge in [-0.05, 0) is 31.1 Å². The Morgan fingerprint density at radius 3 is 1.55 bits per heavy atom. The first-order chi connectivity index (χ1) is 9.43. The number of hydrogen-bond acceptors (Lipinski definition) is 2. The van der Waals surface area contributed by atoms with Crippen molar-refractivity contribution in [2.45, 2.75) is 104 Å². The zero-order chi connectivity index (χ0) is 15.4. The Bertz CT molecular complexity index is 202. The summed E-state index contributed by atoms with van der Waals surface area (Å²) in [6.07, 6.45) is 13.1. The van der Waals surface area contributed by atoms with E-state index in [0.717, 1.165) is 5.92 Å². The van der Waals surface area contributed by atoms with E-state index in [-0.39, 0.29) is 0 Å². The van der Waals surface area contributed by atoms with Crippen molar-refractivity contribution in [3.8, 4) is 0 Å². The molecule has 0 fully saturated rings. The Balaban J connectivity index is 3.21. The lowest BCUT2D eigenvalue weighted by Crippen LogP contribution is -2.25. The molecule has 0 saturated carbocycles.